The van der Waals surface area contributed by atoms with Gasteiger partial charge in [0.25, 0.3) is 0 Å². The van der Waals surface area contributed by atoms with E-state index in [0.29, 0.717) is 5.75 Å². The van der Waals surface area contributed by atoms with Gasteiger partial charge < -0.3 is 10.0 Å². The van der Waals surface area contributed by atoms with Crippen molar-refractivity contribution >= 4 is 0 Å². The van der Waals surface area contributed by atoms with E-state index in [9.17, 15) is 5.11 Å². The molecule has 4 rings (SSSR count). The van der Waals surface area contributed by atoms with Gasteiger partial charge >= 0.3 is 0 Å². The van der Waals surface area contributed by atoms with E-state index in [1.165, 1.54) is 76.8 Å². The molecule has 3 aliphatic rings. The number of nitrogens with zero attached hydrogens (tertiary/aromatic N) is 3. The average molecular weight is 358 g/mol. The van der Waals surface area contributed by atoms with Gasteiger partial charge in [-0.15, -0.1) is 0 Å². The van der Waals surface area contributed by atoms with Crippen LogP contribution in [0, 0.1) is 5.92 Å². The Morgan fingerprint density at radius 3 is 2.38 bits per heavy atom. The summed E-state index contributed by atoms with van der Waals surface area (Å²) in [5.41, 5.74) is 1.42. The first-order valence-corrected chi connectivity index (χ1v) is 10.5. The van der Waals surface area contributed by atoms with Crippen molar-refractivity contribution in [1.82, 2.24) is 14.7 Å². The standard InChI is InChI=1S/C22H35N3O/c1-23-12-14-25(15-13-23)20-8-10-22(11-9-20,24(2)17-18-6-7-18)19-4-3-5-21(26)16-19/h3-5,16,18,20,26H,6-15,17H2,1-2H3. The van der Waals surface area contributed by atoms with Gasteiger partial charge in [-0.3, -0.25) is 9.80 Å². The normalized spacial score (nSPS) is 31.4. The van der Waals surface area contributed by atoms with Crippen LogP contribution in [0.5, 0.6) is 5.75 Å². The number of phenolic OH excluding ortho intramolecular Hbond substituents is 1. The van der Waals surface area contributed by atoms with Gasteiger partial charge in [0.05, 0.1) is 0 Å². The lowest BCUT2D eigenvalue weighted by atomic mass is 9.73. The molecule has 1 saturated heterocycles. The highest BCUT2D eigenvalue weighted by Gasteiger charge is 2.43. The van der Waals surface area contributed by atoms with Crippen LogP contribution in [0.25, 0.3) is 0 Å². The molecule has 0 radical (unpaired) electrons. The number of piperazine rings is 1. The Bertz CT molecular complexity index is 599. The summed E-state index contributed by atoms with van der Waals surface area (Å²) >= 11 is 0. The molecule has 0 spiro atoms. The van der Waals surface area contributed by atoms with E-state index in [4.69, 9.17) is 0 Å². The highest BCUT2D eigenvalue weighted by atomic mass is 16.3. The minimum atomic E-state index is 0.102. The maximum absolute atomic E-state index is 10.1. The fourth-order valence-electron chi connectivity index (χ4n) is 5.18. The van der Waals surface area contributed by atoms with Gasteiger partial charge in [0, 0.05) is 44.3 Å². The fraction of sp³-hybridized carbons (Fsp3) is 0.727. The molecule has 0 unspecified atom stereocenters. The second-order valence-electron chi connectivity index (χ2n) is 8.98. The van der Waals surface area contributed by atoms with E-state index in [1.807, 2.05) is 12.1 Å². The summed E-state index contributed by atoms with van der Waals surface area (Å²) in [6, 6.07) is 8.81. The van der Waals surface area contributed by atoms with E-state index < -0.39 is 0 Å². The number of hydrogen-bond donors (Lipinski definition) is 1. The molecular weight excluding hydrogens is 322 g/mol. The fourth-order valence-corrected chi connectivity index (χ4v) is 5.18. The summed E-state index contributed by atoms with van der Waals surface area (Å²) in [4.78, 5) is 7.80. The predicted octanol–water partition coefficient (Wildman–Crippen LogP) is 3.12. The highest BCUT2D eigenvalue weighted by molar-refractivity contribution is 5.33. The third kappa shape index (κ3) is 3.78. The van der Waals surface area contributed by atoms with Gasteiger partial charge in [0.15, 0.2) is 0 Å². The summed E-state index contributed by atoms with van der Waals surface area (Å²) < 4.78 is 0. The number of aromatic hydroxyl groups is 1. The van der Waals surface area contributed by atoms with Gasteiger partial charge in [-0.05, 0) is 76.2 Å². The second kappa shape index (κ2) is 7.49. The van der Waals surface area contributed by atoms with Crippen LogP contribution < -0.4 is 0 Å². The van der Waals surface area contributed by atoms with E-state index >= 15 is 0 Å². The predicted molar refractivity (Wildman–Crippen MR) is 106 cm³/mol. The molecule has 26 heavy (non-hydrogen) atoms. The second-order valence-corrected chi connectivity index (χ2v) is 8.98. The lowest BCUT2D eigenvalue weighted by Crippen LogP contribution is -2.54. The molecule has 1 aromatic carbocycles. The number of phenols is 1. The topological polar surface area (TPSA) is 30.0 Å². The van der Waals surface area contributed by atoms with Crippen LogP contribution in [0.3, 0.4) is 0 Å². The van der Waals surface area contributed by atoms with E-state index in [0.717, 1.165) is 12.0 Å². The largest absolute Gasteiger partial charge is 0.508 e. The monoisotopic (exact) mass is 357 g/mol. The summed E-state index contributed by atoms with van der Waals surface area (Å²) in [5.74, 6) is 1.30. The summed E-state index contributed by atoms with van der Waals surface area (Å²) in [5, 5.41) is 10.1. The summed E-state index contributed by atoms with van der Waals surface area (Å²) in [7, 11) is 4.55. The van der Waals surface area contributed by atoms with Crippen LogP contribution >= 0.6 is 0 Å². The first-order chi connectivity index (χ1) is 12.6. The highest BCUT2D eigenvalue weighted by Crippen LogP contribution is 2.45. The summed E-state index contributed by atoms with van der Waals surface area (Å²) in [6.45, 7) is 6.05. The number of likely N-dealkylation sites (N-methyl/N-ethyl adjacent to an activating group) is 1. The van der Waals surface area contributed by atoms with Crippen LogP contribution in [0.15, 0.2) is 24.3 Å². The SMILES string of the molecule is CN1CCN(C2CCC(c3cccc(O)c3)(N(C)CC3CC3)CC2)CC1. The first kappa shape index (κ1) is 18.3. The molecule has 0 aromatic heterocycles. The third-order valence-electron chi connectivity index (χ3n) is 7.18. The Hall–Kier alpha value is -1.10. The zero-order chi connectivity index (χ0) is 18.1. The van der Waals surface area contributed by atoms with Crippen molar-refractivity contribution in [3.63, 3.8) is 0 Å². The van der Waals surface area contributed by atoms with Crippen LogP contribution in [0.1, 0.15) is 44.1 Å². The third-order valence-corrected chi connectivity index (χ3v) is 7.18. The van der Waals surface area contributed by atoms with Crippen molar-refractivity contribution in [2.24, 2.45) is 5.92 Å². The maximum atomic E-state index is 10.1. The Labute approximate surface area is 158 Å². The Morgan fingerprint density at radius 1 is 1.08 bits per heavy atom. The molecule has 2 saturated carbocycles. The average Bonchev–Trinajstić information content (AvgIpc) is 3.46. The molecule has 1 aliphatic heterocycles. The minimum Gasteiger partial charge on any atom is -0.508 e. The number of benzene rings is 1. The molecule has 4 heteroatoms. The van der Waals surface area contributed by atoms with Gasteiger partial charge in [-0.1, -0.05) is 12.1 Å². The van der Waals surface area contributed by atoms with Crippen LogP contribution in [0.4, 0.5) is 0 Å². The number of rotatable bonds is 5. The van der Waals surface area contributed by atoms with Crippen molar-refractivity contribution in [2.75, 3.05) is 46.8 Å². The van der Waals surface area contributed by atoms with Gasteiger partial charge in [0.2, 0.25) is 0 Å². The van der Waals surface area contributed by atoms with Crippen molar-refractivity contribution in [1.29, 1.82) is 0 Å². The Morgan fingerprint density at radius 2 is 1.77 bits per heavy atom. The van der Waals surface area contributed by atoms with Crippen LogP contribution in [0.2, 0.25) is 0 Å². The molecule has 0 amide bonds. The lowest BCUT2D eigenvalue weighted by molar-refractivity contribution is 0.0177. The maximum Gasteiger partial charge on any atom is 0.115 e. The van der Waals surface area contributed by atoms with E-state index in [-0.39, 0.29) is 5.54 Å². The first-order valence-electron chi connectivity index (χ1n) is 10.5. The minimum absolute atomic E-state index is 0.102. The molecule has 144 valence electrons. The smallest absolute Gasteiger partial charge is 0.115 e. The molecule has 4 nitrogen and oxygen atoms in total. The summed E-state index contributed by atoms with van der Waals surface area (Å²) in [6.07, 6.45) is 7.74. The number of hydrogen-bond acceptors (Lipinski definition) is 4. The molecule has 1 aromatic rings. The lowest BCUT2D eigenvalue weighted by Gasteiger charge is -2.50. The zero-order valence-electron chi connectivity index (χ0n) is 16.5. The Balaban J connectivity index is 1.50. The van der Waals surface area contributed by atoms with Gasteiger partial charge in [-0.2, -0.15) is 0 Å². The molecule has 0 atom stereocenters. The van der Waals surface area contributed by atoms with Gasteiger partial charge in [0.1, 0.15) is 5.75 Å². The van der Waals surface area contributed by atoms with Crippen LogP contribution in [-0.4, -0.2) is 72.7 Å². The molecule has 1 heterocycles. The zero-order valence-corrected chi connectivity index (χ0v) is 16.5. The molecule has 1 N–H and O–H groups in total. The quantitative estimate of drug-likeness (QED) is 0.877. The Kier molecular flexibility index (Phi) is 5.27. The van der Waals surface area contributed by atoms with E-state index in [1.54, 1.807) is 6.07 Å². The van der Waals surface area contributed by atoms with E-state index in [2.05, 4.69) is 34.9 Å². The van der Waals surface area contributed by atoms with Crippen molar-refractivity contribution < 1.29 is 5.11 Å². The van der Waals surface area contributed by atoms with Crippen molar-refractivity contribution in [3.8, 4) is 5.75 Å². The van der Waals surface area contributed by atoms with Crippen LogP contribution in [-0.2, 0) is 5.54 Å². The van der Waals surface area contributed by atoms with Crippen molar-refractivity contribution in [3.05, 3.63) is 29.8 Å². The molecule has 0 bridgehead atoms. The molecular formula is C22H35N3O. The molecule has 3 fully saturated rings. The van der Waals surface area contributed by atoms with Gasteiger partial charge in [-0.25, -0.2) is 0 Å². The molecule has 2 aliphatic carbocycles. The van der Waals surface area contributed by atoms with Crippen molar-refractivity contribution in [2.45, 2.75) is 50.1 Å².